The Bertz CT molecular complexity index is 332. The molecule has 1 aliphatic heterocycles. The number of halogens is 3. The van der Waals surface area contributed by atoms with Gasteiger partial charge in [-0.15, -0.1) is 0 Å². The van der Waals surface area contributed by atoms with Crippen molar-refractivity contribution in [2.75, 3.05) is 6.54 Å². The monoisotopic (exact) mass is 306 g/mol. The smallest absolute Gasteiger partial charge is 0.352 e. The molecule has 0 aromatic carbocycles. The Morgan fingerprint density at radius 1 is 1.10 bits per heavy atom. The molecule has 2 atom stereocenters. The van der Waals surface area contributed by atoms with E-state index in [1.807, 2.05) is 0 Å². The van der Waals surface area contributed by atoms with Crippen LogP contribution in [0.3, 0.4) is 0 Å². The molecule has 2 unspecified atom stereocenters. The molecule has 1 saturated heterocycles. The highest BCUT2D eigenvalue weighted by molar-refractivity contribution is 5.76. The first-order valence-corrected chi connectivity index (χ1v) is 8.04. The van der Waals surface area contributed by atoms with Crippen LogP contribution in [0.2, 0.25) is 0 Å². The maximum absolute atomic E-state index is 12.5. The van der Waals surface area contributed by atoms with Crippen LogP contribution in [0.25, 0.3) is 0 Å². The number of amides is 1. The lowest BCUT2D eigenvalue weighted by atomic mass is 9.86. The average Bonchev–Trinajstić information content (AvgIpc) is 2.46. The molecule has 2 aliphatic rings. The SMILES string of the molecule is O=C(CCC1CCCCC1)NC1CCC(C(F)(F)F)NC1. The Labute approximate surface area is 124 Å². The third-order valence-corrected chi connectivity index (χ3v) is 4.68. The number of carbonyl (C=O) groups is 1. The number of hydrogen-bond acceptors (Lipinski definition) is 2. The van der Waals surface area contributed by atoms with E-state index in [1.54, 1.807) is 0 Å². The zero-order valence-corrected chi connectivity index (χ0v) is 12.3. The Kier molecular flexibility index (Phi) is 5.90. The van der Waals surface area contributed by atoms with Gasteiger partial charge in [0.2, 0.25) is 5.91 Å². The number of nitrogens with one attached hydrogen (secondary N) is 2. The quantitative estimate of drug-likeness (QED) is 0.838. The van der Waals surface area contributed by atoms with Gasteiger partial charge in [-0.25, -0.2) is 0 Å². The number of carbonyl (C=O) groups excluding carboxylic acids is 1. The Balaban J connectivity index is 1.62. The van der Waals surface area contributed by atoms with E-state index < -0.39 is 12.2 Å². The standard InChI is InChI=1S/C15H25F3N2O/c16-15(17,18)13-8-7-12(10-19-13)20-14(21)9-6-11-4-2-1-3-5-11/h11-13,19H,1-10H2,(H,20,21). The lowest BCUT2D eigenvalue weighted by Crippen LogP contribution is -2.54. The van der Waals surface area contributed by atoms with Gasteiger partial charge in [-0.05, 0) is 25.2 Å². The van der Waals surface area contributed by atoms with Crippen molar-refractivity contribution in [3.63, 3.8) is 0 Å². The third kappa shape index (κ3) is 5.49. The first kappa shape index (κ1) is 16.6. The van der Waals surface area contributed by atoms with Gasteiger partial charge < -0.3 is 10.6 Å². The maximum Gasteiger partial charge on any atom is 0.403 e. The minimum atomic E-state index is -4.18. The van der Waals surface area contributed by atoms with Gasteiger partial charge >= 0.3 is 6.18 Å². The van der Waals surface area contributed by atoms with E-state index in [2.05, 4.69) is 10.6 Å². The number of hydrogen-bond donors (Lipinski definition) is 2. The molecule has 1 saturated carbocycles. The molecular weight excluding hydrogens is 281 g/mol. The van der Waals surface area contributed by atoms with Gasteiger partial charge in [-0.2, -0.15) is 13.2 Å². The van der Waals surface area contributed by atoms with E-state index >= 15 is 0 Å². The maximum atomic E-state index is 12.5. The second-order valence-electron chi connectivity index (χ2n) is 6.39. The van der Waals surface area contributed by atoms with E-state index in [1.165, 1.54) is 32.1 Å². The zero-order valence-electron chi connectivity index (χ0n) is 12.3. The molecule has 122 valence electrons. The summed E-state index contributed by atoms with van der Waals surface area (Å²) in [6, 6.07) is -1.59. The fourth-order valence-corrected chi connectivity index (χ4v) is 3.37. The first-order valence-electron chi connectivity index (χ1n) is 8.04. The molecule has 0 bridgehead atoms. The van der Waals surface area contributed by atoms with Crippen LogP contribution in [0.15, 0.2) is 0 Å². The van der Waals surface area contributed by atoms with Crippen molar-refractivity contribution in [2.24, 2.45) is 5.92 Å². The van der Waals surface area contributed by atoms with E-state index in [0.29, 0.717) is 18.8 Å². The highest BCUT2D eigenvalue weighted by atomic mass is 19.4. The van der Waals surface area contributed by atoms with Crippen molar-refractivity contribution in [1.82, 2.24) is 10.6 Å². The van der Waals surface area contributed by atoms with E-state index in [0.717, 1.165) is 6.42 Å². The molecule has 2 N–H and O–H groups in total. The van der Waals surface area contributed by atoms with Crippen molar-refractivity contribution < 1.29 is 18.0 Å². The minimum absolute atomic E-state index is 0.0159. The van der Waals surface area contributed by atoms with Gasteiger partial charge in [0.1, 0.15) is 6.04 Å². The second-order valence-corrected chi connectivity index (χ2v) is 6.39. The normalized spacial score (nSPS) is 28.3. The summed E-state index contributed by atoms with van der Waals surface area (Å²) in [6.07, 6.45) is 3.92. The van der Waals surface area contributed by atoms with Gasteiger partial charge in [0, 0.05) is 19.0 Å². The molecule has 1 amide bonds. The highest BCUT2D eigenvalue weighted by Gasteiger charge is 2.41. The molecule has 0 aromatic rings. The van der Waals surface area contributed by atoms with Crippen LogP contribution in [0.1, 0.15) is 57.8 Å². The summed E-state index contributed by atoms with van der Waals surface area (Å²) in [6.45, 7) is 0.208. The Hall–Kier alpha value is -0.780. The molecule has 0 radical (unpaired) electrons. The van der Waals surface area contributed by atoms with E-state index in [4.69, 9.17) is 0 Å². The Morgan fingerprint density at radius 2 is 1.81 bits per heavy atom. The topological polar surface area (TPSA) is 41.1 Å². The summed E-state index contributed by atoms with van der Waals surface area (Å²) in [5.74, 6) is 0.640. The number of piperidine rings is 1. The molecule has 3 nitrogen and oxygen atoms in total. The molecule has 0 spiro atoms. The molecule has 1 aliphatic carbocycles. The van der Waals surface area contributed by atoms with Crippen molar-refractivity contribution in [1.29, 1.82) is 0 Å². The van der Waals surface area contributed by atoms with Gasteiger partial charge in [-0.1, -0.05) is 32.1 Å². The lowest BCUT2D eigenvalue weighted by Gasteiger charge is -2.31. The predicted octanol–water partition coefficient (Wildman–Crippen LogP) is 3.15. The fraction of sp³-hybridized carbons (Fsp3) is 0.933. The van der Waals surface area contributed by atoms with Crippen molar-refractivity contribution in [2.45, 2.75) is 76.0 Å². The molecule has 1 heterocycles. The average molecular weight is 306 g/mol. The molecule has 0 aromatic heterocycles. The van der Waals surface area contributed by atoms with Crippen LogP contribution in [-0.4, -0.2) is 30.7 Å². The number of alkyl halides is 3. The van der Waals surface area contributed by atoms with E-state index in [9.17, 15) is 18.0 Å². The van der Waals surface area contributed by atoms with Crippen LogP contribution < -0.4 is 10.6 Å². The summed E-state index contributed by atoms with van der Waals surface area (Å²) in [7, 11) is 0. The molecular formula is C15H25F3N2O. The fourth-order valence-electron chi connectivity index (χ4n) is 3.37. The minimum Gasteiger partial charge on any atom is -0.352 e. The lowest BCUT2D eigenvalue weighted by molar-refractivity contribution is -0.161. The highest BCUT2D eigenvalue weighted by Crippen LogP contribution is 2.28. The van der Waals surface area contributed by atoms with Crippen molar-refractivity contribution in [3.8, 4) is 0 Å². The van der Waals surface area contributed by atoms with Crippen molar-refractivity contribution >= 4 is 5.91 Å². The van der Waals surface area contributed by atoms with Gasteiger partial charge in [0.25, 0.3) is 0 Å². The summed E-state index contributed by atoms with van der Waals surface area (Å²) in [4.78, 5) is 11.9. The van der Waals surface area contributed by atoms with Gasteiger partial charge in [0.15, 0.2) is 0 Å². The first-order chi connectivity index (χ1) is 9.95. The predicted molar refractivity (Wildman–Crippen MR) is 74.8 cm³/mol. The summed E-state index contributed by atoms with van der Waals surface area (Å²) < 4.78 is 37.5. The largest absolute Gasteiger partial charge is 0.403 e. The zero-order chi connectivity index (χ0) is 15.3. The Morgan fingerprint density at radius 3 is 2.38 bits per heavy atom. The molecule has 2 fully saturated rings. The summed E-state index contributed by atoms with van der Waals surface area (Å²) in [5.41, 5.74) is 0. The molecule has 21 heavy (non-hydrogen) atoms. The number of rotatable bonds is 4. The van der Waals surface area contributed by atoms with Gasteiger partial charge in [0.05, 0.1) is 0 Å². The van der Waals surface area contributed by atoms with E-state index in [-0.39, 0.29) is 24.9 Å². The summed E-state index contributed by atoms with van der Waals surface area (Å²) in [5, 5.41) is 5.34. The van der Waals surface area contributed by atoms with Crippen LogP contribution in [0.5, 0.6) is 0 Å². The summed E-state index contributed by atoms with van der Waals surface area (Å²) >= 11 is 0. The third-order valence-electron chi connectivity index (χ3n) is 4.68. The van der Waals surface area contributed by atoms with Crippen LogP contribution in [-0.2, 0) is 4.79 Å². The second kappa shape index (κ2) is 7.47. The van der Waals surface area contributed by atoms with Crippen molar-refractivity contribution in [3.05, 3.63) is 0 Å². The van der Waals surface area contributed by atoms with Gasteiger partial charge in [-0.3, -0.25) is 4.79 Å². The van der Waals surface area contributed by atoms with Crippen LogP contribution in [0.4, 0.5) is 13.2 Å². The molecule has 6 heteroatoms. The van der Waals surface area contributed by atoms with Crippen LogP contribution in [0, 0.1) is 5.92 Å². The molecule has 2 rings (SSSR count). The van der Waals surface area contributed by atoms with Crippen LogP contribution >= 0.6 is 0 Å².